The minimum absolute atomic E-state index is 0.00315. The highest BCUT2D eigenvalue weighted by atomic mass is 35.5. The van der Waals surface area contributed by atoms with E-state index in [2.05, 4.69) is 50.1 Å². The van der Waals surface area contributed by atoms with Gasteiger partial charge in [-0.05, 0) is 92.9 Å². The van der Waals surface area contributed by atoms with Crippen LogP contribution in [-0.2, 0) is 16.1 Å². The number of carbonyl (C=O) groups is 2. The molecule has 6 rings (SSSR count). The van der Waals surface area contributed by atoms with Gasteiger partial charge in [0.05, 0.1) is 5.69 Å². The summed E-state index contributed by atoms with van der Waals surface area (Å²) in [6.07, 6.45) is 5.64. The van der Waals surface area contributed by atoms with Gasteiger partial charge in [0.15, 0.2) is 13.2 Å². The lowest BCUT2D eigenvalue weighted by molar-refractivity contribution is -0.124. The monoisotopic (exact) mass is 703 g/mol. The molecule has 258 valence electrons. The number of amides is 2. The molecule has 0 atom stereocenters. The molecule has 9 nitrogen and oxygen atoms in total. The third-order valence-corrected chi connectivity index (χ3v) is 8.78. The topological polar surface area (TPSA) is 105 Å². The second kappa shape index (κ2) is 19.1. The summed E-state index contributed by atoms with van der Waals surface area (Å²) in [5.41, 5.74) is 3.41. The summed E-state index contributed by atoms with van der Waals surface area (Å²) in [4.78, 5) is 30.7. The lowest BCUT2D eigenvalue weighted by atomic mass is 10.0. The average Bonchev–Trinajstić information content (AvgIpc) is 3.12. The second-order valence-corrected chi connectivity index (χ2v) is 13.0. The van der Waals surface area contributed by atoms with Crippen LogP contribution in [0.3, 0.4) is 0 Å². The third kappa shape index (κ3) is 12.7. The normalized spacial score (nSPS) is 15.4. The molecule has 3 heterocycles. The van der Waals surface area contributed by atoms with Crippen molar-refractivity contribution in [3.63, 3.8) is 0 Å². The number of piperidine rings is 2. The van der Waals surface area contributed by atoms with Crippen LogP contribution in [0.25, 0.3) is 11.3 Å². The Hall–Kier alpha value is -4.15. The molecule has 0 radical (unpaired) electrons. The third-order valence-electron chi connectivity index (χ3n) is 8.31. The first-order valence-corrected chi connectivity index (χ1v) is 17.4. The van der Waals surface area contributed by atoms with Crippen molar-refractivity contribution in [3.05, 3.63) is 113 Å². The van der Waals surface area contributed by atoms with Crippen LogP contribution in [-0.4, -0.2) is 73.2 Å². The number of nitrogens with zero attached hydrogens (tertiary/aromatic N) is 2. The summed E-state index contributed by atoms with van der Waals surface area (Å²) in [6.45, 7) is 4.79. The fraction of sp³-hybridized carbons (Fsp3) is 0.342. The van der Waals surface area contributed by atoms with Crippen LogP contribution >= 0.6 is 23.2 Å². The van der Waals surface area contributed by atoms with E-state index in [1.165, 1.54) is 5.56 Å². The molecule has 0 bridgehead atoms. The van der Waals surface area contributed by atoms with Crippen LogP contribution in [0.5, 0.6) is 11.5 Å². The molecule has 2 amide bonds. The van der Waals surface area contributed by atoms with E-state index in [0.29, 0.717) is 21.5 Å². The van der Waals surface area contributed by atoms with Crippen LogP contribution in [0.4, 0.5) is 0 Å². The number of hydrogen-bond acceptors (Lipinski definition) is 7. The summed E-state index contributed by atoms with van der Waals surface area (Å²) in [6, 6.07) is 29.1. The Labute approximate surface area is 298 Å². The Morgan fingerprint density at radius 1 is 0.735 bits per heavy atom. The van der Waals surface area contributed by atoms with E-state index in [4.69, 9.17) is 32.7 Å². The first-order chi connectivity index (χ1) is 23.9. The maximum absolute atomic E-state index is 12.2. The van der Waals surface area contributed by atoms with Gasteiger partial charge in [-0.3, -0.25) is 19.5 Å². The minimum Gasteiger partial charge on any atom is -0.484 e. The highest BCUT2D eigenvalue weighted by Crippen LogP contribution is 2.20. The highest BCUT2D eigenvalue weighted by Gasteiger charge is 2.21. The highest BCUT2D eigenvalue weighted by molar-refractivity contribution is 6.31. The van der Waals surface area contributed by atoms with Crippen molar-refractivity contribution >= 4 is 35.0 Å². The van der Waals surface area contributed by atoms with Crippen molar-refractivity contribution in [1.29, 1.82) is 0 Å². The molecular formula is C38H43Cl2N5O4. The number of likely N-dealkylation sites (tertiary alicyclic amines) is 1. The first kappa shape index (κ1) is 36.1. The number of aromatic nitrogens is 1. The zero-order chi connectivity index (χ0) is 34.3. The number of ether oxygens (including phenoxy) is 2. The number of benzene rings is 3. The van der Waals surface area contributed by atoms with Crippen LogP contribution < -0.4 is 25.4 Å². The molecule has 3 aromatic carbocycles. The second-order valence-electron chi connectivity index (χ2n) is 12.1. The minimum atomic E-state index is -0.0939. The number of halogens is 2. The van der Waals surface area contributed by atoms with Gasteiger partial charge >= 0.3 is 0 Å². The van der Waals surface area contributed by atoms with Gasteiger partial charge in [0.25, 0.3) is 11.8 Å². The van der Waals surface area contributed by atoms with Gasteiger partial charge in [0, 0.05) is 53.5 Å². The summed E-state index contributed by atoms with van der Waals surface area (Å²) in [7, 11) is 0. The molecule has 0 unspecified atom stereocenters. The molecule has 2 fully saturated rings. The molecule has 2 aliphatic rings. The smallest absolute Gasteiger partial charge is 0.258 e. The maximum Gasteiger partial charge on any atom is 0.258 e. The molecule has 0 saturated carbocycles. The van der Waals surface area contributed by atoms with Gasteiger partial charge in [-0.15, -0.1) is 0 Å². The molecule has 0 aliphatic carbocycles. The fourth-order valence-electron chi connectivity index (χ4n) is 5.72. The predicted molar refractivity (Wildman–Crippen MR) is 194 cm³/mol. The van der Waals surface area contributed by atoms with E-state index < -0.39 is 0 Å². The Kier molecular flexibility index (Phi) is 14.1. The number of carbonyl (C=O) groups excluding carboxylic acids is 2. The number of hydrogen-bond donors (Lipinski definition) is 3. The van der Waals surface area contributed by atoms with Crippen molar-refractivity contribution in [2.75, 3.05) is 39.4 Å². The van der Waals surface area contributed by atoms with Crippen molar-refractivity contribution in [2.24, 2.45) is 0 Å². The Balaban J connectivity index is 0.000000221. The number of pyridine rings is 1. The van der Waals surface area contributed by atoms with E-state index in [1.54, 1.807) is 48.5 Å². The van der Waals surface area contributed by atoms with E-state index in [-0.39, 0.29) is 37.1 Å². The average molecular weight is 705 g/mol. The maximum atomic E-state index is 12.2. The van der Waals surface area contributed by atoms with Crippen molar-refractivity contribution in [3.8, 4) is 22.8 Å². The van der Waals surface area contributed by atoms with Gasteiger partial charge in [0.1, 0.15) is 11.5 Å². The van der Waals surface area contributed by atoms with Gasteiger partial charge in [0.2, 0.25) is 0 Å². The fourth-order valence-corrected chi connectivity index (χ4v) is 6.08. The van der Waals surface area contributed by atoms with Gasteiger partial charge in [-0.1, -0.05) is 65.7 Å². The molecule has 3 N–H and O–H groups in total. The Morgan fingerprint density at radius 3 is 1.84 bits per heavy atom. The summed E-state index contributed by atoms with van der Waals surface area (Å²) in [5.74, 6) is 1.04. The molecule has 2 saturated heterocycles. The van der Waals surface area contributed by atoms with E-state index >= 15 is 0 Å². The van der Waals surface area contributed by atoms with Gasteiger partial charge in [-0.2, -0.15) is 0 Å². The number of rotatable bonds is 11. The predicted octanol–water partition coefficient (Wildman–Crippen LogP) is 6.15. The van der Waals surface area contributed by atoms with Crippen LogP contribution in [0.15, 0.2) is 97.2 Å². The lowest BCUT2D eigenvalue weighted by Crippen LogP contribution is -2.45. The van der Waals surface area contributed by atoms with Gasteiger partial charge < -0.3 is 25.4 Å². The molecule has 11 heteroatoms. The van der Waals surface area contributed by atoms with Crippen molar-refractivity contribution < 1.29 is 19.1 Å². The number of nitrogens with one attached hydrogen (secondary N) is 3. The SMILES string of the molecule is O=C(COc1cccc(Cl)c1)NC1CCN(Cc2ccc(-c3ccccn3)cc2)CC1.O=C(COc1cccc(Cl)c1)NC1CCNCC1. The van der Waals surface area contributed by atoms with E-state index in [1.807, 2.05) is 24.4 Å². The standard InChI is InChI=1S/C25H26ClN3O2.C13H17ClN2O2/c26-21-4-3-5-23(16-21)31-18-25(30)28-22-11-14-29(15-12-22)17-19-7-9-20(10-8-19)24-6-1-2-13-27-24;14-10-2-1-3-12(8-10)18-9-13(17)16-11-4-6-15-7-5-11/h1-10,13,16,22H,11-12,14-15,17-18H2,(H,28,30);1-3,8,11,15H,4-7,9H2,(H,16,17). The van der Waals surface area contributed by atoms with Crippen LogP contribution in [0.1, 0.15) is 31.2 Å². The molecule has 4 aromatic rings. The molecular weight excluding hydrogens is 661 g/mol. The Bertz CT molecular complexity index is 1610. The van der Waals surface area contributed by atoms with E-state index in [9.17, 15) is 9.59 Å². The van der Waals surface area contributed by atoms with Crippen LogP contribution in [0, 0.1) is 0 Å². The summed E-state index contributed by atoms with van der Waals surface area (Å²) in [5, 5.41) is 10.5. The van der Waals surface area contributed by atoms with Crippen LogP contribution in [0.2, 0.25) is 10.0 Å². The zero-order valence-electron chi connectivity index (χ0n) is 27.5. The van der Waals surface area contributed by atoms with Gasteiger partial charge in [-0.25, -0.2) is 0 Å². The molecule has 0 spiro atoms. The van der Waals surface area contributed by atoms with E-state index in [0.717, 1.165) is 69.7 Å². The largest absolute Gasteiger partial charge is 0.484 e. The first-order valence-electron chi connectivity index (χ1n) is 16.7. The molecule has 2 aliphatic heterocycles. The zero-order valence-corrected chi connectivity index (χ0v) is 29.0. The van der Waals surface area contributed by atoms with Crippen molar-refractivity contribution in [2.45, 2.75) is 44.3 Å². The quantitative estimate of drug-likeness (QED) is 0.172. The lowest BCUT2D eigenvalue weighted by Gasteiger charge is -2.32. The van der Waals surface area contributed by atoms with Crippen molar-refractivity contribution in [1.82, 2.24) is 25.8 Å². The molecule has 1 aromatic heterocycles. The molecule has 49 heavy (non-hydrogen) atoms. The summed E-state index contributed by atoms with van der Waals surface area (Å²) < 4.78 is 10.9. The summed E-state index contributed by atoms with van der Waals surface area (Å²) >= 11 is 11.8. The Morgan fingerprint density at radius 2 is 1.31 bits per heavy atom.